The first-order valence-electron chi connectivity index (χ1n) is 7.09. The van der Waals surface area contributed by atoms with Gasteiger partial charge in [-0.2, -0.15) is 0 Å². The summed E-state index contributed by atoms with van der Waals surface area (Å²) in [6.07, 6.45) is 5.65. The third-order valence-electron chi connectivity index (χ3n) is 3.88. The van der Waals surface area contributed by atoms with E-state index in [4.69, 9.17) is 0 Å². The molecule has 20 heavy (non-hydrogen) atoms. The van der Waals surface area contributed by atoms with E-state index < -0.39 is 0 Å². The summed E-state index contributed by atoms with van der Waals surface area (Å²) in [7, 11) is 0. The lowest BCUT2D eigenvalue weighted by molar-refractivity contribution is 0.0907. The Balaban J connectivity index is 1.74. The Hall–Kier alpha value is -2.16. The van der Waals surface area contributed by atoms with E-state index in [1.54, 1.807) is 12.4 Å². The van der Waals surface area contributed by atoms with Crippen molar-refractivity contribution in [1.82, 2.24) is 4.98 Å². The van der Waals surface area contributed by atoms with Crippen LogP contribution in [0.2, 0.25) is 0 Å². The SMILES string of the molecule is O=C(c1ccccc1)[C@H]1CCCN(c2ccncc2)C1. The molecule has 0 aliphatic carbocycles. The summed E-state index contributed by atoms with van der Waals surface area (Å²) >= 11 is 0. The van der Waals surface area contributed by atoms with Crippen molar-refractivity contribution in [1.29, 1.82) is 0 Å². The van der Waals surface area contributed by atoms with Gasteiger partial charge in [0.1, 0.15) is 0 Å². The molecule has 1 atom stereocenters. The van der Waals surface area contributed by atoms with Crippen LogP contribution in [-0.4, -0.2) is 23.9 Å². The van der Waals surface area contributed by atoms with Crippen LogP contribution in [0.1, 0.15) is 23.2 Å². The highest BCUT2D eigenvalue weighted by Gasteiger charge is 2.26. The van der Waals surface area contributed by atoms with Gasteiger partial charge in [-0.1, -0.05) is 30.3 Å². The second-order valence-electron chi connectivity index (χ2n) is 5.22. The fourth-order valence-corrected chi connectivity index (χ4v) is 2.82. The van der Waals surface area contributed by atoms with Gasteiger partial charge in [-0.15, -0.1) is 0 Å². The van der Waals surface area contributed by atoms with Crippen molar-refractivity contribution >= 4 is 11.5 Å². The van der Waals surface area contributed by atoms with Crippen LogP contribution >= 0.6 is 0 Å². The summed E-state index contributed by atoms with van der Waals surface area (Å²) in [5.41, 5.74) is 1.99. The average Bonchev–Trinajstić information content (AvgIpc) is 2.56. The lowest BCUT2D eigenvalue weighted by Crippen LogP contribution is -2.38. The molecule has 3 nitrogen and oxygen atoms in total. The Kier molecular flexibility index (Phi) is 3.77. The number of pyridine rings is 1. The van der Waals surface area contributed by atoms with E-state index in [0.717, 1.165) is 37.2 Å². The van der Waals surface area contributed by atoms with Gasteiger partial charge in [0.2, 0.25) is 0 Å². The van der Waals surface area contributed by atoms with Gasteiger partial charge in [0.25, 0.3) is 0 Å². The molecule has 0 N–H and O–H groups in total. The summed E-state index contributed by atoms with van der Waals surface area (Å²) in [6, 6.07) is 13.6. The maximum Gasteiger partial charge on any atom is 0.167 e. The molecule has 3 heteroatoms. The van der Waals surface area contributed by atoms with Crippen molar-refractivity contribution in [2.45, 2.75) is 12.8 Å². The lowest BCUT2D eigenvalue weighted by Gasteiger charge is -2.33. The average molecular weight is 266 g/mol. The Morgan fingerprint density at radius 3 is 2.60 bits per heavy atom. The molecule has 1 saturated heterocycles. The predicted octanol–water partition coefficient (Wildman–Crippen LogP) is 3.18. The molecule has 0 unspecified atom stereocenters. The van der Waals surface area contributed by atoms with Crippen LogP contribution in [0.4, 0.5) is 5.69 Å². The van der Waals surface area contributed by atoms with Gasteiger partial charge in [-0.25, -0.2) is 0 Å². The second kappa shape index (κ2) is 5.87. The van der Waals surface area contributed by atoms with E-state index in [2.05, 4.69) is 9.88 Å². The van der Waals surface area contributed by atoms with E-state index >= 15 is 0 Å². The summed E-state index contributed by atoms with van der Waals surface area (Å²) in [5.74, 6) is 0.365. The Morgan fingerprint density at radius 2 is 1.85 bits per heavy atom. The van der Waals surface area contributed by atoms with Crippen LogP contribution in [0, 0.1) is 5.92 Å². The van der Waals surface area contributed by atoms with Crippen molar-refractivity contribution in [2.75, 3.05) is 18.0 Å². The number of ketones is 1. The maximum absolute atomic E-state index is 12.5. The lowest BCUT2D eigenvalue weighted by atomic mass is 9.90. The van der Waals surface area contributed by atoms with E-state index in [-0.39, 0.29) is 11.7 Å². The molecule has 3 rings (SSSR count). The number of benzene rings is 1. The molecule has 102 valence electrons. The minimum Gasteiger partial charge on any atom is -0.371 e. The standard InChI is InChI=1S/C17H18N2O/c20-17(14-5-2-1-3-6-14)15-7-4-12-19(13-15)16-8-10-18-11-9-16/h1-3,5-6,8-11,15H,4,7,12-13H2/t15-/m0/s1. The number of carbonyl (C=O) groups excluding carboxylic acids is 1. The van der Waals surface area contributed by atoms with Gasteiger partial charge in [0, 0.05) is 42.7 Å². The van der Waals surface area contributed by atoms with Gasteiger partial charge in [-0.3, -0.25) is 9.78 Å². The highest BCUT2D eigenvalue weighted by atomic mass is 16.1. The van der Waals surface area contributed by atoms with Crippen LogP contribution in [0.5, 0.6) is 0 Å². The van der Waals surface area contributed by atoms with Crippen molar-refractivity contribution in [2.24, 2.45) is 5.92 Å². The number of hydrogen-bond acceptors (Lipinski definition) is 3. The molecule has 0 radical (unpaired) electrons. The summed E-state index contributed by atoms with van der Waals surface area (Å²) in [5, 5.41) is 0. The van der Waals surface area contributed by atoms with Crippen molar-refractivity contribution < 1.29 is 4.79 Å². The molecule has 1 aromatic carbocycles. The molecule has 0 amide bonds. The first-order valence-corrected chi connectivity index (χ1v) is 7.09. The van der Waals surface area contributed by atoms with Crippen LogP contribution in [0.3, 0.4) is 0 Å². The number of nitrogens with zero attached hydrogens (tertiary/aromatic N) is 2. The van der Waals surface area contributed by atoms with Gasteiger partial charge in [0.05, 0.1) is 0 Å². The van der Waals surface area contributed by atoms with Crippen molar-refractivity contribution in [3.05, 3.63) is 60.4 Å². The largest absolute Gasteiger partial charge is 0.371 e. The molecule has 1 aliphatic rings. The van der Waals surface area contributed by atoms with Crippen molar-refractivity contribution in [3.63, 3.8) is 0 Å². The predicted molar refractivity (Wildman–Crippen MR) is 79.9 cm³/mol. The molecular weight excluding hydrogens is 248 g/mol. The molecule has 1 aliphatic heterocycles. The molecule has 2 heterocycles. The normalized spacial score (nSPS) is 18.8. The van der Waals surface area contributed by atoms with E-state index in [9.17, 15) is 4.79 Å². The number of hydrogen-bond donors (Lipinski definition) is 0. The minimum absolute atomic E-state index is 0.0966. The zero-order valence-electron chi connectivity index (χ0n) is 11.4. The fraction of sp³-hybridized carbons (Fsp3) is 0.294. The quantitative estimate of drug-likeness (QED) is 0.800. The van der Waals surface area contributed by atoms with Crippen molar-refractivity contribution in [3.8, 4) is 0 Å². The molecular formula is C17H18N2O. The molecule has 1 aromatic heterocycles. The van der Waals surface area contributed by atoms with Gasteiger partial charge >= 0.3 is 0 Å². The topological polar surface area (TPSA) is 33.2 Å². The van der Waals surface area contributed by atoms with E-state index in [0.29, 0.717) is 0 Å². The highest BCUT2D eigenvalue weighted by Crippen LogP contribution is 2.25. The summed E-state index contributed by atoms with van der Waals surface area (Å²) in [6.45, 7) is 1.82. The smallest absolute Gasteiger partial charge is 0.167 e. The van der Waals surface area contributed by atoms with Crippen LogP contribution in [-0.2, 0) is 0 Å². The second-order valence-corrected chi connectivity index (χ2v) is 5.22. The number of aromatic nitrogens is 1. The van der Waals surface area contributed by atoms with Gasteiger partial charge in [-0.05, 0) is 25.0 Å². The maximum atomic E-state index is 12.5. The Labute approximate surface area is 119 Å². The molecule has 0 bridgehead atoms. The summed E-state index contributed by atoms with van der Waals surface area (Å²) in [4.78, 5) is 18.9. The van der Waals surface area contributed by atoms with Crippen LogP contribution in [0.25, 0.3) is 0 Å². The van der Waals surface area contributed by atoms with E-state index in [1.165, 1.54) is 0 Å². The monoisotopic (exact) mass is 266 g/mol. The minimum atomic E-state index is 0.0966. The number of carbonyl (C=O) groups is 1. The zero-order valence-corrected chi connectivity index (χ0v) is 11.4. The van der Waals surface area contributed by atoms with E-state index in [1.807, 2.05) is 42.5 Å². The number of rotatable bonds is 3. The zero-order chi connectivity index (χ0) is 13.8. The first kappa shape index (κ1) is 12.9. The Bertz CT molecular complexity index is 568. The highest BCUT2D eigenvalue weighted by molar-refractivity contribution is 5.98. The third-order valence-corrected chi connectivity index (χ3v) is 3.88. The van der Waals surface area contributed by atoms with Crippen LogP contribution in [0.15, 0.2) is 54.9 Å². The fourth-order valence-electron chi connectivity index (χ4n) is 2.82. The molecule has 1 fully saturated rings. The third kappa shape index (κ3) is 2.72. The molecule has 0 saturated carbocycles. The molecule has 0 spiro atoms. The molecule has 2 aromatic rings. The first-order chi connectivity index (χ1) is 9.84. The summed E-state index contributed by atoms with van der Waals surface area (Å²) < 4.78 is 0. The number of anilines is 1. The van der Waals surface area contributed by atoms with Gasteiger partial charge in [0.15, 0.2) is 5.78 Å². The van der Waals surface area contributed by atoms with Crippen LogP contribution < -0.4 is 4.90 Å². The number of piperidine rings is 1. The Morgan fingerprint density at radius 1 is 1.10 bits per heavy atom. The number of Topliss-reactive ketones (excluding diaryl/α,β-unsaturated/α-hetero) is 1. The van der Waals surface area contributed by atoms with Gasteiger partial charge < -0.3 is 4.90 Å².